The third-order valence-corrected chi connectivity index (χ3v) is 6.13. The summed E-state index contributed by atoms with van der Waals surface area (Å²) >= 11 is 0. The second-order valence-corrected chi connectivity index (χ2v) is 8.29. The third-order valence-electron chi connectivity index (χ3n) is 4.38. The fourth-order valence-electron chi connectivity index (χ4n) is 2.86. The van der Waals surface area contributed by atoms with Crippen molar-refractivity contribution in [3.8, 4) is 0 Å². The molecule has 0 amide bonds. The number of hydrogen-bond acceptors (Lipinski definition) is 4. The molecule has 0 aromatic heterocycles. The highest BCUT2D eigenvalue weighted by atomic mass is 32.2. The van der Waals surface area contributed by atoms with Gasteiger partial charge in [-0.1, -0.05) is 6.07 Å². The van der Waals surface area contributed by atoms with Crippen LogP contribution in [0, 0.1) is 5.82 Å². The molecule has 1 aliphatic carbocycles. The normalized spacial score (nSPS) is 24.2. The van der Waals surface area contributed by atoms with E-state index in [9.17, 15) is 12.8 Å². The predicted molar refractivity (Wildman–Crippen MR) is 81.7 cm³/mol. The summed E-state index contributed by atoms with van der Waals surface area (Å²) in [6.07, 6.45) is 2.92. The van der Waals surface area contributed by atoms with Crippen LogP contribution in [-0.2, 0) is 16.4 Å². The Kier molecular flexibility index (Phi) is 3.92. The fourth-order valence-corrected chi connectivity index (χ4v) is 4.64. The van der Waals surface area contributed by atoms with Gasteiger partial charge < -0.3 is 10.2 Å². The van der Waals surface area contributed by atoms with Crippen molar-refractivity contribution in [3.63, 3.8) is 0 Å². The highest BCUT2D eigenvalue weighted by Crippen LogP contribution is 2.29. The molecule has 2 fully saturated rings. The van der Waals surface area contributed by atoms with Crippen molar-refractivity contribution in [2.75, 3.05) is 23.5 Å². The molecule has 1 saturated carbocycles. The molecule has 1 aliphatic heterocycles. The van der Waals surface area contributed by atoms with Gasteiger partial charge in [0.25, 0.3) is 0 Å². The maximum absolute atomic E-state index is 14.1. The highest BCUT2D eigenvalue weighted by molar-refractivity contribution is 7.91. The number of sulfone groups is 1. The molecule has 6 heteroatoms. The molecule has 0 radical (unpaired) electrons. The minimum Gasteiger partial charge on any atom is -0.370 e. The van der Waals surface area contributed by atoms with E-state index in [1.54, 1.807) is 6.07 Å². The van der Waals surface area contributed by atoms with Crippen molar-refractivity contribution in [1.29, 1.82) is 0 Å². The highest BCUT2D eigenvalue weighted by Gasteiger charge is 2.32. The van der Waals surface area contributed by atoms with Gasteiger partial charge in [0.15, 0.2) is 9.84 Å². The van der Waals surface area contributed by atoms with Gasteiger partial charge in [-0.15, -0.1) is 0 Å². The van der Waals surface area contributed by atoms with Crippen LogP contribution in [0.4, 0.5) is 10.1 Å². The van der Waals surface area contributed by atoms with E-state index in [1.165, 1.54) is 6.07 Å². The van der Waals surface area contributed by atoms with Crippen molar-refractivity contribution < 1.29 is 12.8 Å². The van der Waals surface area contributed by atoms with Crippen LogP contribution in [0.1, 0.15) is 24.8 Å². The van der Waals surface area contributed by atoms with Crippen molar-refractivity contribution >= 4 is 15.5 Å². The smallest absolute Gasteiger partial charge is 0.152 e. The Balaban J connectivity index is 1.81. The van der Waals surface area contributed by atoms with Gasteiger partial charge in [0, 0.05) is 36.9 Å². The van der Waals surface area contributed by atoms with E-state index in [0.717, 1.165) is 18.5 Å². The molecule has 2 aliphatic rings. The third kappa shape index (κ3) is 3.37. The fraction of sp³-hybridized carbons (Fsp3) is 0.600. The van der Waals surface area contributed by atoms with E-state index in [2.05, 4.69) is 5.32 Å². The molecule has 1 heterocycles. The van der Waals surface area contributed by atoms with E-state index in [1.807, 2.05) is 18.0 Å². The minimum absolute atomic E-state index is 0.0588. The molecule has 1 N–H and O–H groups in total. The number of anilines is 1. The summed E-state index contributed by atoms with van der Waals surface area (Å²) in [5, 5.41) is 3.33. The Bertz CT molecular complexity index is 629. The summed E-state index contributed by atoms with van der Waals surface area (Å²) in [7, 11) is -1.08. The molecule has 1 aromatic rings. The van der Waals surface area contributed by atoms with Crippen LogP contribution < -0.4 is 10.2 Å². The maximum atomic E-state index is 14.1. The monoisotopic (exact) mass is 312 g/mol. The van der Waals surface area contributed by atoms with Gasteiger partial charge in [0.2, 0.25) is 0 Å². The summed E-state index contributed by atoms with van der Waals surface area (Å²) in [6.45, 7) is 0.497. The van der Waals surface area contributed by atoms with Crippen LogP contribution in [0.2, 0.25) is 0 Å². The Morgan fingerprint density at radius 2 is 2.10 bits per heavy atom. The van der Waals surface area contributed by atoms with E-state index in [4.69, 9.17) is 0 Å². The quantitative estimate of drug-likeness (QED) is 0.899. The van der Waals surface area contributed by atoms with Crippen molar-refractivity contribution in [3.05, 3.63) is 29.6 Å². The molecule has 0 bridgehead atoms. The lowest BCUT2D eigenvalue weighted by atomic mass is 10.1. The SMILES string of the molecule is CN(c1cccc(F)c1CNC1CC1)C1CCS(=O)(=O)C1. The lowest BCUT2D eigenvalue weighted by molar-refractivity contribution is 0.582. The average molecular weight is 312 g/mol. The molecule has 1 unspecified atom stereocenters. The van der Waals surface area contributed by atoms with Crippen molar-refractivity contribution in [2.24, 2.45) is 0 Å². The van der Waals surface area contributed by atoms with Crippen molar-refractivity contribution in [1.82, 2.24) is 5.32 Å². The van der Waals surface area contributed by atoms with Gasteiger partial charge >= 0.3 is 0 Å². The number of halogens is 1. The zero-order valence-corrected chi connectivity index (χ0v) is 13.0. The number of nitrogens with zero attached hydrogens (tertiary/aromatic N) is 1. The predicted octanol–water partition coefficient (Wildman–Crippen LogP) is 1.70. The van der Waals surface area contributed by atoms with E-state index < -0.39 is 9.84 Å². The second kappa shape index (κ2) is 5.57. The van der Waals surface area contributed by atoms with Crippen molar-refractivity contribution in [2.45, 2.75) is 37.9 Å². The van der Waals surface area contributed by atoms with Crippen LogP contribution in [0.3, 0.4) is 0 Å². The summed E-state index contributed by atoms with van der Waals surface area (Å²) < 4.78 is 37.4. The molecule has 1 atom stereocenters. The first-order valence-corrected chi connectivity index (χ1v) is 9.22. The standard InChI is InChI=1S/C15H21FN2O2S/c1-18(12-7-8-21(19,20)10-12)15-4-2-3-14(16)13(15)9-17-11-5-6-11/h2-4,11-12,17H,5-10H2,1H3. The van der Waals surface area contributed by atoms with Gasteiger partial charge in [0.05, 0.1) is 11.5 Å². The number of nitrogens with one attached hydrogen (secondary N) is 1. The Morgan fingerprint density at radius 3 is 2.71 bits per heavy atom. The summed E-state index contributed by atoms with van der Waals surface area (Å²) in [5.41, 5.74) is 1.43. The topological polar surface area (TPSA) is 49.4 Å². The molecule has 1 saturated heterocycles. The molecule has 1 aromatic carbocycles. The van der Waals surface area contributed by atoms with E-state index >= 15 is 0 Å². The molecule has 21 heavy (non-hydrogen) atoms. The number of benzene rings is 1. The zero-order valence-electron chi connectivity index (χ0n) is 12.2. The lowest BCUT2D eigenvalue weighted by Crippen LogP contribution is -2.34. The van der Waals surface area contributed by atoms with Gasteiger partial charge in [-0.05, 0) is 31.4 Å². The Labute approximate surface area is 125 Å². The molecule has 3 rings (SSSR count). The minimum atomic E-state index is -2.94. The van der Waals surface area contributed by atoms with Gasteiger partial charge in [-0.2, -0.15) is 0 Å². The van der Waals surface area contributed by atoms with E-state index in [-0.39, 0.29) is 23.4 Å². The second-order valence-electron chi connectivity index (χ2n) is 6.06. The van der Waals surface area contributed by atoms with E-state index in [0.29, 0.717) is 24.6 Å². The van der Waals surface area contributed by atoms with Crippen LogP contribution in [-0.4, -0.2) is 39.1 Å². The van der Waals surface area contributed by atoms with Gasteiger partial charge in [0.1, 0.15) is 5.82 Å². The Morgan fingerprint density at radius 1 is 1.33 bits per heavy atom. The first-order chi connectivity index (χ1) is 9.96. The van der Waals surface area contributed by atoms with Crippen LogP contribution in [0.15, 0.2) is 18.2 Å². The summed E-state index contributed by atoms with van der Waals surface area (Å²) in [5.74, 6) is 0.163. The summed E-state index contributed by atoms with van der Waals surface area (Å²) in [6, 6.07) is 5.47. The molecule has 4 nitrogen and oxygen atoms in total. The molecular weight excluding hydrogens is 291 g/mol. The van der Waals surface area contributed by atoms with Crippen LogP contribution in [0.5, 0.6) is 0 Å². The van der Waals surface area contributed by atoms with Gasteiger partial charge in [-0.3, -0.25) is 0 Å². The zero-order chi connectivity index (χ0) is 15.0. The summed E-state index contributed by atoms with van der Waals surface area (Å²) in [4.78, 5) is 1.93. The Hall–Kier alpha value is -1.14. The largest absolute Gasteiger partial charge is 0.370 e. The first kappa shape index (κ1) is 14.8. The average Bonchev–Trinajstić information content (AvgIpc) is 3.19. The number of hydrogen-bond donors (Lipinski definition) is 1. The molecule has 0 spiro atoms. The number of rotatable bonds is 5. The lowest BCUT2D eigenvalue weighted by Gasteiger charge is -2.28. The first-order valence-electron chi connectivity index (χ1n) is 7.40. The van der Waals surface area contributed by atoms with Gasteiger partial charge in [-0.25, -0.2) is 12.8 Å². The molecular formula is C15H21FN2O2S. The maximum Gasteiger partial charge on any atom is 0.152 e. The molecule has 116 valence electrons. The van der Waals surface area contributed by atoms with Crippen LogP contribution in [0.25, 0.3) is 0 Å². The van der Waals surface area contributed by atoms with Crippen LogP contribution >= 0.6 is 0 Å².